The molecule has 0 radical (unpaired) electrons. The van der Waals surface area contributed by atoms with Crippen LogP contribution in [-0.2, 0) is 6.18 Å². The van der Waals surface area contributed by atoms with Crippen LogP contribution < -0.4 is 5.73 Å². The Morgan fingerprint density at radius 1 is 1.18 bits per heavy atom. The third-order valence-corrected chi connectivity index (χ3v) is 6.49. The lowest BCUT2D eigenvalue weighted by Crippen LogP contribution is -2.16. The van der Waals surface area contributed by atoms with Crippen LogP contribution in [0.4, 0.5) is 18.9 Å². The highest BCUT2D eigenvalue weighted by molar-refractivity contribution is 6.34. The zero-order chi connectivity index (χ0) is 23.6. The third-order valence-electron chi connectivity index (χ3n) is 6.16. The minimum Gasteiger partial charge on any atom is -0.398 e. The number of amides is 1. The average Bonchev–Trinajstić information content (AvgIpc) is 2.78. The van der Waals surface area contributed by atoms with Crippen LogP contribution in [0.25, 0.3) is 10.9 Å². The van der Waals surface area contributed by atoms with Crippen LogP contribution in [0.2, 0.25) is 5.02 Å². The number of alkyl halides is 3. The Morgan fingerprint density at radius 2 is 1.97 bits per heavy atom. The molecule has 8 heteroatoms. The number of halogens is 4. The van der Waals surface area contributed by atoms with Crippen LogP contribution >= 0.6 is 11.6 Å². The molecule has 172 valence electrons. The summed E-state index contributed by atoms with van der Waals surface area (Å²) >= 11 is 6.06. The number of aromatic nitrogens is 1. The van der Waals surface area contributed by atoms with E-state index in [0.717, 1.165) is 37.3 Å². The first-order valence-electron chi connectivity index (χ1n) is 10.8. The molecular formula is C25H23ClF3N3O. The number of nitrogens with two attached hydrogens (primary N) is 1. The molecule has 2 atom stereocenters. The molecule has 0 aliphatic heterocycles. The molecule has 1 aliphatic rings. The molecule has 0 spiro atoms. The lowest BCUT2D eigenvalue weighted by atomic mass is 9.76. The fourth-order valence-corrected chi connectivity index (χ4v) is 4.83. The number of benzene rings is 2. The Balaban J connectivity index is 1.51. The molecule has 4 rings (SSSR count). The molecule has 1 heterocycles. The van der Waals surface area contributed by atoms with Crippen molar-refractivity contribution >= 4 is 40.3 Å². The van der Waals surface area contributed by atoms with Crippen molar-refractivity contribution in [2.75, 3.05) is 5.73 Å². The number of pyridine rings is 1. The summed E-state index contributed by atoms with van der Waals surface area (Å²) in [6.45, 7) is 0. The van der Waals surface area contributed by atoms with Gasteiger partial charge in [0.15, 0.2) is 0 Å². The van der Waals surface area contributed by atoms with Crippen molar-refractivity contribution in [3.63, 3.8) is 0 Å². The highest BCUT2D eigenvalue weighted by atomic mass is 35.5. The summed E-state index contributed by atoms with van der Waals surface area (Å²) in [4.78, 5) is 20.2. The van der Waals surface area contributed by atoms with Gasteiger partial charge in [0.2, 0.25) is 0 Å². The van der Waals surface area contributed by atoms with E-state index < -0.39 is 11.9 Å². The van der Waals surface area contributed by atoms with E-state index in [2.05, 4.69) is 9.98 Å². The molecule has 33 heavy (non-hydrogen) atoms. The van der Waals surface area contributed by atoms with E-state index in [1.54, 1.807) is 42.6 Å². The first-order valence-corrected chi connectivity index (χ1v) is 11.2. The molecule has 3 aromatic rings. The van der Waals surface area contributed by atoms with Crippen LogP contribution in [-0.4, -0.2) is 17.1 Å². The molecule has 1 aromatic heterocycles. The number of hydrogen-bond donors (Lipinski definition) is 1. The molecule has 0 saturated heterocycles. The highest BCUT2D eigenvalue weighted by Crippen LogP contribution is 2.42. The average molecular weight is 474 g/mol. The molecule has 2 aromatic carbocycles. The molecule has 1 aliphatic carbocycles. The third kappa shape index (κ3) is 5.19. The Kier molecular flexibility index (Phi) is 6.70. The van der Waals surface area contributed by atoms with Gasteiger partial charge in [-0.15, -0.1) is 0 Å². The number of aliphatic imine (C=N–C) groups is 1. The lowest BCUT2D eigenvalue weighted by molar-refractivity contribution is -0.140. The van der Waals surface area contributed by atoms with Gasteiger partial charge in [-0.05, 0) is 60.9 Å². The van der Waals surface area contributed by atoms with Crippen molar-refractivity contribution in [1.29, 1.82) is 0 Å². The van der Waals surface area contributed by atoms with Gasteiger partial charge in [-0.3, -0.25) is 4.79 Å². The number of nitrogen functional groups attached to an aromatic ring is 1. The maximum Gasteiger partial charge on any atom is 0.433 e. The molecule has 0 bridgehead atoms. The largest absolute Gasteiger partial charge is 0.433 e. The second-order valence-corrected chi connectivity index (χ2v) is 8.80. The first-order chi connectivity index (χ1) is 15.7. The van der Waals surface area contributed by atoms with E-state index >= 15 is 0 Å². The van der Waals surface area contributed by atoms with E-state index in [9.17, 15) is 18.0 Å². The molecule has 4 nitrogen and oxygen atoms in total. The minimum atomic E-state index is -4.55. The van der Waals surface area contributed by atoms with E-state index in [0.29, 0.717) is 28.3 Å². The van der Waals surface area contributed by atoms with Gasteiger partial charge >= 0.3 is 6.18 Å². The number of anilines is 1. The molecule has 1 saturated carbocycles. The van der Waals surface area contributed by atoms with Gasteiger partial charge in [0.25, 0.3) is 5.91 Å². The van der Waals surface area contributed by atoms with Crippen molar-refractivity contribution in [3.8, 4) is 0 Å². The van der Waals surface area contributed by atoms with Crippen LogP contribution in [0.5, 0.6) is 0 Å². The Hall–Kier alpha value is -2.93. The zero-order valence-corrected chi connectivity index (χ0v) is 18.5. The summed E-state index contributed by atoms with van der Waals surface area (Å²) < 4.78 is 39.4. The van der Waals surface area contributed by atoms with E-state index in [-0.39, 0.29) is 23.0 Å². The number of carbonyl (C=O) groups excluding carboxylic acids is 1. The summed E-state index contributed by atoms with van der Waals surface area (Å²) in [5.74, 6) is 0.0905. The number of nitrogens with zero attached hydrogens (tertiary/aromatic N) is 2. The van der Waals surface area contributed by atoms with Crippen molar-refractivity contribution < 1.29 is 18.0 Å². The molecular weight excluding hydrogens is 451 g/mol. The monoisotopic (exact) mass is 473 g/mol. The van der Waals surface area contributed by atoms with E-state index in [1.165, 1.54) is 0 Å². The number of carbonyl (C=O) groups is 1. The van der Waals surface area contributed by atoms with Crippen LogP contribution in [0.15, 0.2) is 53.5 Å². The van der Waals surface area contributed by atoms with Crippen molar-refractivity contribution in [2.45, 2.75) is 44.2 Å². The summed E-state index contributed by atoms with van der Waals surface area (Å²) in [5, 5.41) is 0.965. The zero-order valence-electron chi connectivity index (χ0n) is 17.8. The summed E-state index contributed by atoms with van der Waals surface area (Å²) in [7, 11) is 0. The van der Waals surface area contributed by atoms with Crippen LogP contribution in [0.1, 0.15) is 59.6 Å². The Labute approximate surface area is 194 Å². The Morgan fingerprint density at radius 3 is 2.73 bits per heavy atom. The van der Waals surface area contributed by atoms with E-state index in [4.69, 9.17) is 17.3 Å². The van der Waals surface area contributed by atoms with Gasteiger partial charge in [0.1, 0.15) is 5.69 Å². The fraction of sp³-hybridized carbons (Fsp3) is 0.320. The first kappa shape index (κ1) is 23.2. The molecule has 2 N–H and O–H groups in total. The highest BCUT2D eigenvalue weighted by Gasteiger charge is 2.34. The topological polar surface area (TPSA) is 68.3 Å². The number of fused-ring (bicyclic) bond motifs is 1. The van der Waals surface area contributed by atoms with Gasteiger partial charge in [-0.2, -0.15) is 13.2 Å². The number of hydrogen-bond acceptors (Lipinski definition) is 3. The molecule has 1 amide bonds. The number of rotatable bonds is 4. The van der Waals surface area contributed by atoms with Crippen molar-refractivity contribution in [3.05, 3.63) is 70.4 Å². The summed E-state index contributed by atoms with van der Waals surface area (Å²) in [5.41, 5.74) is 6.74. The quantitative estimate of drug-likeness (QED) is 0.412. The van der Waals surface area contributed by atoms with Crippen molar-refractivity contribution in [2.24, 2.45) is 10.9 Å². The van der Waals surface area contributed by atoms with Gasteiger partial charge < -0.3 is 5.73 Å². The molecule has 2 unspecified atom stereocenters. The summed E-state index contributed by atoms with van der Waals surface area (Å²) in [6, 6.07) is 12.9. The maximum atomic E-state index is 13.1. The standard InChI is InChI=1S/C25H23ClF3N3O/c26-19-9-2-1-7-18(19)24(33)31-12-11-15-5-3-6-16(13-15)17-8-4-10-21-23(17)20(30)14-22(32-21)25(27,28)29/h1-2,4,7-10,12,14-16H,3,5-6,11,13H2,(H2,30,32). The molecule has 1 fully saturated rings. The van der Waals surface area contributed by atoms with E-state index in [1.807, 2.05) is 6.07 Å². The lowest BCUT2D eigenvalue weighted by Gasteiger charge is -2.29. The van der Waals surface area contributed by atoms with Gasteiger partial charge in [-0.25, -0.2) is 9.98 Å². The van der Waals surface area contributed by atoms with Gasteiger partial charge in [0, 0.05) is 17.3 Å². The van der Waals surface area contributed by atoms with Gasteiger partial charge in [-0.1, -0.05) is 48.7 Å². The SMILES string of the molecule is Nc1cc(C(F)(F)F)nc2cccc(C3CCCC(CC=NC(=O)c4ccccc4Cl)C3)c12. The van der Waals surface area contributed by atoms with Crippen molar-refractivity contribution in [1.82, 2.24) is 4.98 Å². The fourth-order valence-electron chi connectivity index (χ4n) is 4.61. The minimum absolute atomic E-state index is 0.0944. The predicted molar refractivity (Wildman–Crippen MR) is 125 cm³/mol. The van der Waals surface area contributed by atoms with Crippen LogP contribution in [0.3, 0.4) is 0 Å². The second kappa shape index (κ2) is 9.51. The Bertz CT molecular complexity index is 1210. The second-order valence-electron chi connectivity index (χ2n) is 8.40. The summed E-state index contributed by atoms with van der Waals surface area (Å²) in [6.07, 6.45) is 1.48. The predicted octanol–water partition coefficient (Wildman–Crippen LogP) is 7.06. The van der Waals surface area contributed by atoms with Crippen LogP contribution in [0, 0.1) is 5.92 Å². The maximum absolute atomic E-state index is 13.1. The van der Waals surface area contributed by atoms with Gasteiger partial charge in [0.05, 0.1) is 16.1 Å². The normalized spacial score (nSPS) is 19.3. The smallest absolute Gasteiger partial charge is 0.398 e.